The first-order chi connectivity index (χ1) is 6.41. The molecule has 0 aliphatic carbocycles. The Labute approximate surface area is 83.8 Å². The van der Waals surface area contributed by atoms with Crippen LogP contribution in [0.15, 0.2) is 0 Å². The quantitative estimate of drug-likeness (QED) is 0.353. The van der Waals surface area contributed by atoms with Gasteiger partial charge in [-0.05, 0) is 13.8 Å². The number of amides is 2. The molecule has 0 saturated carbocycles. The van der Waals surface area contributed by atoms with E-state index in [4.69, 9.17) is 11.6 Å². The van der Waals surface area contributed by atoms with E-state index in [-0.39, 0.29) is 12.3 Å². The molecule has 0 spiro atoms. The normalized spacial score (nSPS) is 12.1. The number of hydrogen-bond acceptors (Lipinski definition) is 4. The molecule has 6 nitrogen and oxygen atoms in total. The first-order valence-electron chi connectivity index (χ1n) is 4.41. The van der Waals surface area contributed by atoms with Crippen molar-refractivity contribution in [1.29, 1.82) is 0 Å². The average Bonchev–Trinajstić information content (AvgIpc) is 2.14. The first-order valence-corrected chi connectivity index (χ1v) is 4.41. The minimum Gasteiger partial charge on any atom is -0.329 e. The Kier molecular flexibility index (Phi) is 5.11. The van der Waals surface area contributed by atoms with Crippen molar-refractivity contribution >= 4 is 11.8 Å². The topological polar surface area (TPSA) is 92.7 Å². The molecule has 0 aliphatic rings. The van der Waals surface area contributed by atoms with Crippen molar-refractivity contribution in [2.45, 2.75) is 19.9 Å². The second kappa shape index (κ2) is 5.56. The lowest BCUT2D eigenvalue weighted by Crippen LogP contribution is -2.51. The predicted octanol–water partition coefficient (Wildman–Crippen LogP) is -0.850. The van der Waals surface area contributed by atoms with E-state index in [9.17, 15) is 9.59 Å². The van der Waals surface area contributed by atoms with Gasteiger partial charge in [-0.25, -0.2) is 10.6 Å². The zero-order chi connectivity index (χ0) is 11.3. The van der Waals surface area contributed by atoms with Crippen molar-refractivity contribution in [3.05, 3.63) is 0 Å². The van der Waals surface area contributed by atoms with E-state index in [0.717, 1.165) is 5.01 Å². The molecule has 0 aromatic heterocycles. The lowest BCUT2D eigenvalue weighted by molar-refractivity contribution is -0.120. The van der Waals surface area contributed by atoms with Crippen molar-refractivity contribution < 1.29 is 9.59 Å². The highest BCUT2D eigenvalue weighted by molar-refractivity contribution is 5.86. The van der Waals surface area contributed by atoms with Gasteiger partial charge in [0, 0.05) is 13.6 Å². The van der Waals surface area contributed by atoms with Crippen molar-refractivity contribution in [2.24, 2.45) is 11.6 Å². The molecular weight excluding hydrogens is 184 g/mol. The number of nitrogens with zero attached hydrogens (tertiary/aromatic N) is 2. The van der Waals surface area contributed by atoms with Crippen LogP contribution in [0.2, 0.25) is 0 Å². The van der Waals surface area contributed by atoms with Gasteiger partial charge >= 0.3 is 6.03 Å². The summed E-state index contributed by atoms with van der Waals surface area (Å²) in [6, 6.07) is -0.871. The zero-order valence-corrected chi connectivity index (χ0v) is 8.86. The molecule has 2 amide bonds. The van der Waals surface area contributed by atoms with Gasteiger partial charge < -0.3 is 10.6 Å². The summed E-state index contributed by atoms with van der Waals surface area (Å²) in [5, 5.41) is 0.999. The highest BCUT2D eigenvalue weighted by Crippen LogP contribution is 2.00. The Balaban J connectivity index is 4.30. The van der Waals surface area contributed by atoms with Crippen LogP contribution >= 0.6 is 0 Å². The zero-order valence-electron chi connectivity index (χ0n) is 8.86. The van der Waals surface area contributed by atoms with Crippen LogP contribution in [0.1, 0.15) is 13.8 Å². The Morgan fingerprint density at radius 3 is 2.29 bits per heavy atom. The van der Waals surface area contributed by atoms with Crippen LogP contribution in [0, 0.1) is 0 Å². The lowest BCUT2D eigenvalue weighted by Gasteiger charge is -2.27. The predicted molar refractivity (Wildman–Crippen MR) is 53.2 cm³/mol. The van der Waals surface area contributed by atoms with Crippen LogP contribution in [0.25, 0.3) is 0 Å². The second-order valence-corrected chi connectivity index (χ2v) is 3.16. The standard InChI is InChI=1S/C8H18N4O2/c1-6(7(2)13)11(3)8(14)12(10)5-4-9/h6H,4-5,9-10H2,1-3H3. The molecular formula is C8H18N4O2. The van der Waals surface area contributed by atoms with Gasteiger partial charge in [0.15, 0.2) is 5.78 Å². The van der Waals surface area contributed by atoms with Crippen LogP contribution < -0.4 is 11.6 Å². The van der Waals surface area contributed by atoms with Gasteiger partial charge in [0.1, 0.15) is 0 Å². The fraction of sp³-hybridized carbons (Fsp3) is 0.750. The molecule has 14 heavy (non-hydrogen) atoms. The highest BCUT2D eigenvalue weighted by atomic mass is 16.2. The monoisotopic (exact) mass is 202 g/mol. The van der Waals surface area contributed by atoms with Crippen molar-refractivity contribution in [3.8, 4) is 0 Å². The summed E-state index contributed by atoms with van der Waals surface area (Å²) in [5.41, 5.74) is 5.24. The summed E-state index contributed by atoms with van der Waals surface area (Å²) in [7, 11) is 1.53. The molecule has 0 rings (SSSR count). The molecule has 0 fully saturated rings. The Morgan fingerprint density at radius 1 is 1.43 bits per heavy atom. The van der Waals surface area contributed by atoms with Gasteiger partial charge in [-0.1, -0.05) is 0 Å². The summed E-state index contributed by atoms with van der Waals surface area (Å²) in [5.74, 6) is 5.34. The van der Waals surface area contributed by atoms with Gasteiger partial charge in [-0.15, -0.1) is 0 Å². The molecule has 1 unspecified atom stereocenters. The third-order valence-electron chi connectivity index (χ3n) is 2.09. The van der Waals surface area contributed by atoms with Gasteiger partial charge in [0.2, 0.25) is 0 Å². The molecule has 0 aromatic carbocycles. The molecule has 0 aromatic rings. The summed E-state index contributed by atoms with van der Waals surface area (Å²) in [4.78, 5) is 23.8. The van der Waals surface area contributed by atoms with Crippen LogP contribution in [-0.4, -0.2) is 47.9 Å². The minimum absolute atomic E-state index is 0.0815. The fourth-order valence-electron chi connectivity index (χ4n) is 0.876. The van der Waals surface area contributed by atoms with Gasteiger partial charge in [-0.3, -0.25) is 9.80 Å². The fourth-order valence-corrected chi connectivity index (χ4v) is 0.876. The SMILES string of the molecule is CC(=O)C(C)N(C)C(=O)N(N)CCN. The van der Waals surface area contributed by atoms with E-state index in [1.165, 1.54) is 18.9 Å². The van der Waals surface area contributed by atoms with Crippen LogP contribution in [0.3, 0.4) is 0 Å². The summed E-state index contributed by atoms with van der Waals surface area (Å²) in [6.45, 7) is 3.65. The smallest absolute Gasteiger partial charge is 0.329 e. The third-order valence-corrected chi connectivity index (χ3v) is 2.09. The molecule has 1 atom stereocenters. The maximum Gasteiger partial charge on any atom is 0.334 e. The van der Waals surface area contributed by atoms with E-state index >= 15 is 0 Å². The number of ketones is 1. The summed E-state index contributed by atoms with van der Waals surface area (Å²) >= 11 is 0. The molecule has 6 heteroatoms. The van der Waals surface area contributed by atoms with Gasteiger partial charge in [-0.2, -0.15) is 0 Å². The summed E-state index contributed by atoms with van der Waals surface area (Å²) in [6.07, 6.45) is 0. The van der Waals surface area contributed by atoms with E-state index in [1.807, 2.05) is 0 Å². The lowest BCUT2D eigenvalue weighted by atomic mass is 10.2. The van der Waals surface area contributed by atoms with Crippen molar-refractivity contribution in [1.82, 2.24) is 9.91 Å². The molecule has 0 aliphatic heterocycles. The number of rotatable bonds is 4. The number of Topliss-reactive ketones (excluding diaryl/α,β-unsaturated/α-hetero) is 1. The molecule has 82 valence electrons. The van der Waals surface area contributed by atoms with E-state index < -0.39 is 12.1 Å². The third kappa shape index (κ3) is 3.31. The molecule has 4 N–H and O–H groups in total. The Bertz CT molecular complexity index is 219. The maximum atomic E-state index is 11.5. The first kappa shape index (κ1) is 12.9. The molecule has 0 radical (unpaired) electrons. The van der Waals surface area contributed by atoms with Crippen molar-refractivity contribution in [2.75, 3.05) is 20.1 Å². The van der Waals surface area contributed by atoms with Crippen LogP contribution in [-0.2, 0) is 4.79 Å². The number of hydrazine groups is 1. The molecule has 0 heterocycles. The van der Waals surface area contributed by atoms with Crippen LogP contribution in [0.5, 0.6) is 0 Å². The Hall–Kier alpha value is -1.14. The maximum absolute atomic E-state index is 11.5. The average molecular weight is 202 g/mol. The number of carbonyl (C=O) groups excluding carboxylic acids is 2. The minimum atomic E-state index is -0.466. The van der Waals surface area contributed by atoms with Gasteiger partial charge in [0.25, 0.3) is 0 Å². The summed E-state index contributed by atoms with van der Waals surface area (Å²) < 4.78 is 0. The number of carbonyl (C=O) groups is 2. The number of likely N-dealkylation sites (N-methyl/N-ethyl adjacent to an activating group) is 1. The highest BCUT2D eigenvalue weighted by Gasteiger charge is 2.21. The largest absolute Gasteiger partial charge is 0.334 e. The number of nitrogens with two attached hydrogens (primary N) is 2. The number of hydrogen-bond donors (Lipinski definition) is 2. The molecule has 0 bridgehead atoms. The van der Waals surface area contributed by atoms with Gasteiger partial charge in [0.05, 0.1) is 12.6 Å². The van der Waals surface area contributed by atoms with E-state index in [2.05, 4.69) is 0 Å². The van der Waals surface area contributed by atoms with Crippen molar-refractivity contribution in [3.63, 3.8) is 0 Å². The molecule has 0 saturated heterocycles. The van der Waals surface area contributed by atoms with Crippen LogP contribution in [0.4, 0.5) is 4.79 Å². The van der Waals surface area contributed by atoms with E-state index in [1.54, 1.807) is 6.92 Å². The second-order valence-electron chi connectivity index (χ2n) is 3.16. The Morgan fingerprint density at radius 2 is 1.93 bits per heavy atom. The van der Waals surface area contributed by atoms with E-state index in [0.29, 0.717) is 6.54 Å². The number of urea groups is 1.